The molecule has 3 N–H and O–H groups in total. The molecule has 23 heavy (non-hydrogen) atoms. The van der Waals surface area contributed by atoms with E-state index in [-0.39, 0.29) is 0 Å². The highest BCUT2D eigenvalue weighted by Crippen LogP contribution is 2.31. The summed E-state index contributed by atoms with van der Waals surface area (Å²) in [7, 11) is 0. The Bertz CT molecular complexity index is 699. The van der Waals surface area contributed by atoms with E-state index in [2.05, 4.69) is 27.1 Å². The zero-order chi connectivity index (χ0) is 16.4. The number of anilines is 4. The first-order chi connectivity index (χ1) is 11.0. The Morgan fingerprint density at radius 1 is 1.17 bits per heavy atom. The van der Waals surface area contributed by atoms with Crippen LogP contribution >= 0.6 is 0 Å². The molecule has 0 aliphatic carbocycles. The largest absolute Gasteiger partial charge is 0.393 e. The normalized spacial score (nSPS) is 15.7. The number of nitrogens with one attached hydrogen (secondary N) is 1. The Balaban J connectivity index is 1.83. The summed E-state index contributed by atoms with van der Waals surface area (Å²) in [6, 6.07) is 3.56. The Morgan fingerprint density at radius 2 is 1.91 bits per heavy atom. The average molecular weight is 319 g/mol. The van der Waals surface area contributed by atoms with E-state index in [4.69, 9.17) is 5.73 Å². The molecule has 1 saturated heterocycles. The molecule has 1 fully saturated rings. The Kier molecular flexibility index (Phi) is 4.27. The summed E-state index contributed by atoms with van der Waals surface area (Å²) in [5.41, 5.74) is 6.96. The number of aromatic nitrogens is 2. The summed E-state index contributed by atoms with van der Waals surface area (Å²) < 4.78 is 26.3. The second-order valence-corrected chi connectivity index (χ2v) is 5.88. The molecule has 1 aromatic heterocycles. The van der Waals surface area contributed by atoms with Crippen LogP contribution < -0.4 is 16.0 Å². The van der Waals surface area contributed by atoms with Crippen molar-refractivity contribution in [2.24, 2.45) is 5.92 Å². The molecular weight excluding hydrogens is 300 g/mol. The van der Waals surface area contributed by atoms with Crippen molar-refractivity contribution in [3.8, 4) is 0 Å². The molecule has 0 bridgehead atoms. The van der Waals surface area contributed by atoms with Crippen LogP contribution in [0.25, 0.3) is 0 Å². The van der Waals surface area contributed by atoms with E-state index in [1.165, 1.54) is 12.4 Å². The topological polar surface area (TPSA) is 67.1 Å². The third-order valence-electron chi connectivity index (χ3n) is 4.13. The number of nitrogen functional groups attached to an aromatic ring is 1. The maximum atomic E-state index is 13.3. The molecule has 2 aromatic rings. The van der Waals surface area contributed by atoms with Crippen LogP contribution in [-0.2, 0) is 0 Å². The smallest absolute Gasteiger partial charge is 0.160 e. The Morgan fingerprint density at radius 3 is 2.61 bits per heavy atom. The molecular formula is C16H19F2N5. The molecule has 0 saturated carbocycles. The molecule has 122 valence electrons. The second-order valence-electron chi connectivity index (χ2n) is 5.88. The van der Waals surface area contributed by atoms with Crippen LogP contribution in [0, 0.1) is 17.6 Å². The molecule has 7 heteroatoms. The number of nitrogens with two attached hydrogens (primary N) is 1. The molecule has 0 unspecified atom stereocenters. The van der Waals surface area contributed by atoms with Crippen LogP contribution in [0.1, 0.15) is 19.8 Å². The van der Waals surface area contributed by atoms with Gasteiger partial charge in [-0.1, -0.05) is 6.92 Å². The van der Waals surface area contributed by atoms with Crippen LogP contribution in [0.15, 0.2) is 24.5 Å². The minimum Gasteiger partial charge on any atom is -0.393 e. The molecule has 0 amide bonds. The van der Waals surface area contributed by atoms with Gasteiger partial charge in [-0.2, -0.15) is 0 Å². The van der Waals surface area contributed by atoms with Crippen molar-refractivity contribution in [2.75, 3.05) is 29.0 Å². The summed E-state index contributed by atoms with van der Waals surface area (Å²) in [6.45, 7) is 4.02. The van der Waals surface area contributed by atoms with E-state index in [0.717, 1.165) is 38.1 Å². The van der Waals surface area contributed by atoms with E-state index >= 15 is 0 Å². The molecule has 1 aromatic carbocycles. The van der Waals surface area contributed by atoms with Crippen molar-refractivity contribution >= 4 is 23.0 Å². The highest BCUT2D eigenvalue weighted by Gasteiger charge is 2.20. The molecule has 1 aliphatic rings. The maximum absolute atomic E-state index is 13.3. The summed E-state index contributed by atoms with van der Waals surface area (Å²) in [5, 5.41) is 2.92. The van der Waals surface area contributed by atoms with Gasteiger partial charge in [-0.05, 0) is 30.9 Å². The van der Waals surface area contributed by atoms with Crippen molar-refractivity contribution in [3.05, 3.63) is 36.2 Å². The van der Waals surface area contributed by atoms with Gasteiger partial charge in [0, 0.05) is 24.8 Å². The number of benzene rings is 1. The third kappa shape index (κ3) is 3.33. The zero-order valence-corrected chi connectivity index (χ0v) is 12.9. The minimum absolute atomic E-state index is 0.382. The molecule has 0 atom stereocenters. The maximum Gasteiger partial charge on any atom is 0.160 e. The lowest BCUT2D eigenvalue weighted by Crippen LogP contribution is -2.34. The van der Waals surface area contributed by atoms with Gasteiger partial charge < -0.3 is 16.0 Å². The number of hydrogen-bond donors (Lipinski definition) is 2. The van der Waals surface area contributed by atoms with Gasteiger partial charge >= 0.3 is 0 Å². The van der Waals surface area contributed by atoms with Gasteiger partial charge in [-0.25, -0.2) is 18.7 Å². The predicted octanol–water partition coefficient (Wildman–Crippen LogP) is 3.32. The first-order valence-electron chi connectivity index (χ1n) is 7.62. The number of rotatable bonds is 3. The molecule has 0 radical (unpaired) electrons. The van der Waals surface area contributed by atoms with Crippen molar-refractivity contribution in [1.29, 1.82) is 0 Å². The van der Waals surface area contributed by atoms with E-state index in [1.54, 1.807) is 0 Å². The quantitative estimate of drug-likeness (QED) is 0.908. The monoisotopic (exact) mass is 319 g/mol. The van der Waals surface area contributed by atoms with Crippen LogP contribution in [0.3, 0.4) is 0 Å². The van der Waals surface area contributed by atoms with Crippen molar-refractivity contribution in [3.63, 3.8) is 0 Å². The Hall–Kier alpha value is -2.44. The van der Waals surface area contributed by atoms with Crippen molar-refractivity contribution in [1.82, 2.24) is 9.97 Å². The fraction of sp³-hybridized carbons (Fsp3) is 0.375. The summed E-state index contributed by atoms with van der Waals surface area (Å²) >= 11 is 0. The van der Waals surface area contributed by atoms with Crippen LogP contribution in [0.2, 0.25) is 0 Å². The van der Waals surface area contributed by atoms with Gasteiger partial charge in [0.1, 0.15) is 12.0 Å². The SMILES string of the molecule is CC1CCN(c2ncnc(Nc3ccc(F)c(F)c3)c2N)CC1. The van der Waals surface area contributed by atoms with E-state index in [1.807, 2.05) is 0 Å². The fourth-order valence-electron chi connectivity index (χ4n) is 2.67. The van der Waals surface area contributed by atoms with Gasteiger partial charge in [0.05, 0.1) is 0 Å². The predicted molar refractivity (Wildman–Crippen MR) is 86.7 cm³/mol. The molecule has 0 spiro atoms. The summed E-state index contributed by atoms with van der Waals surface area (Å²) in [5.74, 6) is -0.0482. The van der Waals surface area contributed by atoms with E-state index in [9.17, 15) is 8.78 Å². The molecule has 3 rings (SSSR count). The third-order valence-corrected chi connectivity index (χ3v) is 4.13. The minimum atomic E-state index is -0.923. The number of halogens is 2. The summed E-state index contributed by atoms with van der Waals surface area (Å²) in [6.07, 6.45) is 3.61. The van der Waals surface area contributed by atoms with Crippen LogP contribution in [0.4, 0.5) is 31.8 Å². The van der Waals surface area contributed by atoms with Crippen LogP contribution in [0.5, 0.6) is 0 Å². The highest BCUT2D eigenvalue weighted by atomic mass is 19.2. The van der Waals surface area contributed by atoms with E-state index < -0.39 is 11.6 Å². The first-order valence-corrected chi connectivity index (χ1v) is 7.62. The number of nitrogens with zero attached hydrogens (tertiary/aromatic N) is 3. The van der Waals surface area contributed by atoms with E-state index in [0.29, 0.717) is 28.9 Å². The van der Waals surface area contributed by atoms with Gasteiger partial charge in [0.25, 0.3) is 0 Å². The average Bonchev–Trinajstić information content (AvgIpc) is 2.54. The van der Waals surface area contributed by atoms with Crippen molar-refractivity contribution in [2.45, 2.75) is 19.8 Å². The standard InChI is InChI=1S/C16H19F2N5/c1-10-4-6-23(7-5-10)16-14(19)15(20-9-21-16)22-11-2-3-12(17)13(18)8-11/h2-3,8-10H,4-7,19H2,1H3,(H,20,21,22). The van der Waals surface area contributed by atoms with Gasteiger partial charge in [0.2, 0.25) is 0 Å². The molecule has 2 heterocycles. The fourth-order valence-corrected chi connectivity index (χ4v) is 2.67. The lowest BCUT2D eigenvalue weighted by Gasteiger charge is -2.32. The summed E-state index contributed by atoms with van der Waals surface area (Å²) in [4.78, 5) is 10.5. The zero-order valence-electron chi connectivity index (χ0n) is 12.9. The lowest BCUT2D eigenvalue weighted by atomic mass is 9.99. The van der Waals surface area contributed by atoms with Crippen molar-refractivity contribution < 1.29 is 8.78 Å². The number of piperidine rings is 1. The Labute approximate surface area is 133 Å². The van der Waals surface area contributed by atoms with Gasteiger partial charge in [-0.15, -0.1) is 0 Å². The van der Waals surface area contributed by atoms with Gasteiger partial charge in [0.15, 0.2) is 23.3 Å². The first kappa shape index (κ1) is 15.5. The molecule has 1 aliphatic heterocycles. The molecule has 5 nitrogen and oxygen atoms in total. The highest BCUT2D eigenvalue weighted by molar-refractivity contribution is 5.78. The second kappa shape index (κ2) is 6.36. The lowest BCUT2D eigenvalue weighted by molar-refractivity contribution is 0.437. The van der Waals surface area contributed by atoms with Crippen LogP contribution in [-0.4, -0.2) is 23.1 Å². The number of hydrogen-bond acceptors (Lipinski definition) is 5. The van der Waals surface area contributed by atoms with Gasteiger partial charge in [-0.3, -0.25) is 0 Å².